The molecule has 0 unspecified atom stereocenters. The summed E-state index contributed by atoms with van der Waals surface area (Å²) in [6.45, 7) is 1.85. The van der Waals surface area contributed by atoms with E-state index in [1.165, 1.54) is 12.4 Å². The molecular weight excluding hydrogens is 287 g/mol. The molecule has 3 aromatic rings. The van der Waals surface area contributed by atoms with Gasteiger partial charge >= 0.3 is 0 Å². The van der Waals surface area contributed by atoms with Crippen molar-refractivity contribution in [2.24, 2.45) is 0 Å². The first-order valence-electron chi connectivity index (χ1n) is 6.49. The molecule has 21 heavy (non-hydrogen) atoms. The zero-order valence-corrected chi connectivity index (χ0v) is 12.1. The lowest BCUT2D eigenvalue weighted by Gasteiger charge is -2.12. The minimum Gasteiger partial charge on any atom is -0.241 e. The van der Waals surface area contributed by atoms with E-state index in [1.54, 1.807) is 30.3 Å². The predicted octanol–water partition coefficient (Wildman–Crippen LogP) is 4.91. The fourth-order valence-electron chi connectivity index (χ4n) is 2.29. The highest BCUT2D eigenvalue weighted by atomic mass is 35.5. The first kappa shape index (κ1) is 13.7. The predicted molar refractivity (Wildman–Crippen MR) is 82.6 cm³/mol. The fraction of sp³-hybridized carbons (Fsp3) is 0.0588. The second-order valence-electron chi connectivity index (χ2n) is 4.67. The molecule has 0 aliphatic heterocycles. The zero-order chi connectivity index (χ0) is 14.8. The molecule has 0 fully saturated rings. The van der Waals surface area contributed by atoms with Crippen LogP contribution < -0.4 is 0 Å². The number of benzene rings is 2. The van der Waals surface area contributed by atoms with Crippen LogP contribution in [-0.4, -0.2) is 9.97 Å². The second kappa shape index (κ2) is 5.62. The Kier molecular flexibility index (Phi) is 3.67. The van der Waals surface area contributed by atoms with E-state index in [1.807, 2.05) is 19.1 Å². The van der Waals surface area contributed by atoms with Crippen LogP contribution in [0.15, 0.2) is 54.9 Å². The molecule has 2 aromatic carbocycles. The molecule has 0 saturated heterocycles. The first-order chi connectivity index (χ1) is 10.2. The molecule has 3 rings (SSSR count). The monoisotopic (exact) mass is 298 g/mol. The molecule has 4 heteroatoms. The average Bonchev–Trinajstić information content (AvgIpc) is 2.49. The highest BCUT2D eigenvalue weighted by Gasteiger charge is 2.15. The SMILES string of the molecule is Cc1ncnc(-c2ccc(Cl)cc2)c1-c1ccccc1F. The van der Waals surface area contributed by atoms with Gasteiger partial charge in [0.1, 0.15) is 12.1 Å². The summed E-state index contributed by atoms with van der Waals surface area (Å²) in [7, 11) is 0. The zero-order valence-electron chi connectivity index (χ0n) is 11.3. The fourth-order valence-corrected chi connectivity index (χ4v) is 2.41. The van der Waals surface area contributed by atoms with E-state index in [0.717, 1.165) is 11.3 Å². The van der Waals surface area contributed by atoms with Crippen molar-refractivity contribution in [2.75, 3.05) is 0 Å². The summed E-state index contributed by atoms with van der Waals surface area (Å²) in [5, 5.41) is 0.650. The number of hydrogen-bond acceptors (Lipinski definition) is 2. The number of aryl methyl sites for hydroxylation is 1. The highest BCUT2D eigenvalue weighted by molar-refractivity contribution is 6.30. The van der Waals surface area contributed by atoms with Crippen LogP contribution in [0.4, 0.5) is 4.39 Å². The summed E-state index contributed by atoms with van der Waals surface area (Å²) in [6.07, 6.45) is 1.49. The van der Waals surface area contributed by atoms with E-state index < -0.39 is 0 Å². The molecule has 104 valence electrons. The highest BCUT2D eigenvalue weighted by Crippen LogP contribution is 2.33. The Hall–Kier alpha value is -2.26. The van der Waals surface area contributed by atoms with Gasteiger partial charge in [-0.2, -0.15) is 0 Å². The normalized spacial score (nSPS) is 10.6. The van der Waals surface area contributed by atoms with Crippen LogP contribution >= 0.6 is 11.6 Å². The Morgan fingerprint density at radius 2 is 1.67 bits per heavy atom. The summed E-state index contributed by atoms with van der Waals surface area (Å²) >= 11 is 5.92. The Balaban J connectivity index is 2.26. The Morgan fingerprint density at radius 1 is 0.952 bits per heavy atom. The molecule has 0 saturated carbocycles. The standard InChI is InChI=1S/C17H12ClFN2/c1-11-16(14-4-2-3-5-15(14)19)17(21-10-20-11)12-6-8-13(18)9-7-12/h2-10H,1H3. The molecule has 0 radical (unpaired) electrons. The minimum absolute atomic E-state index is 0.286. The van der Waals surface area contributed by atoms with Crippen LogP contribution in [0, 0.1) is 12.7 Å². The Bertz CT molecular complexity index is 785. The number of rotatable bonds is 2. The molecule has 2 nitrogen and oxygen atoms in total. The van der Waals surface area contributed by atoms with Crippen molar-refractivity contribution in [2.45, 2.75) is 6.92 Å². The van der Waals surface area contributed by atoms with Gasteiger partial charge in [0.25, 0.3) is 0 Å². The van der Waals surface area contributed by atoms with E-state index in [-0.39, 0.29) is 5.82 Å². The van der Waals surface area contributed by atoms with Crippen molar-refractivity contribution >= 4 is 11.6 Å². The van der Waals surface area contributed by atoms with Gasteiger partial charge in [0.2, 0.25) is 0 Å². The van der Waals surface area contributed by atoms with Crippen LogP contribution in [-0.2, 0) is 0 Å². The number of aromatic nitrogens is 2. The smallest absolute Gasteiger partial charge is 0.131 e. The van der Waals surface area contributed by atoms with Gasteiger partial charge in [0.15, 0.2) is 0 Å². The lowest BCUT2D eigenvalue weighted by molar-refractivity contribution is 0.631. The summed E-state index contributed by atoms with van der Waals surface area (Å²) < 4.78 is 14.1. The number of nitrogens with zero attached hydrogens (tertiary/aromatic N) is 2. The minimum atomic E-state index is -0.286. The van der Waals surface area contributed by atoms with Gasteiger partial charge in [-0.15, -0.1) is 0 Å². The number of hydrogen-bond donors (Lipinski definition) is 0. The summed E-state index contributed by atoms with van der Waals surface area (Å²) in [5.74, 6) is -0.286. The van der Waals surface area contributed by atoms with E-state index in [0.29, 0.717) is 21.8 Å². The van der Waals surface area contributed by atoms with Crippen LogP contribution in [0.5, 0.6) is 0 Å². The third-order valence-electron chi connectivity index (χ3n) is 3.30. The maximum Gasteiger partial charge on any atom is 0.131 e. The van der Waals surface area contributed by atoms with E-state index in [2.05, 4.69) is 9.97 Å². The molecule has 0 aliphatic rings. The largest absolute Gasteiger partial charge is 0.241 e. The molecule has 0 N–H and O–H groups in total. The van der Waals surface area contributed by atoms with E-state index in [4.69, 9.17) is 11.6 Å². The third kappa shape index (κ3) is 2.65. The Morgan fingerprint density at radius 3 is 2.38 bits per heavy atom. The van der Waals surface area contributed by atoms with Gasteiger partial charge in [-0.05, 0) is 25.1 Å². The van der Waals surface area contributed by atoms with Gasteiger partial charge in [-0.25, -0.2) is 14.4 Å². The maximum absolute atomic E-state index is 14.1. The average molecular weight is 299 g/mol. The van der Waals surface area contributed by atoms with E-state index in [9.17, 15) is 4.39 Å². The van der Waals surface area contributed by atoms with Crippen molar-refractivity contribution < 1.29 is 4.39 Å². The quantitative estimate of drug-likeness (QED) is 0.671. The van der Waals surface area contributed by atoms with E-state index >= 15 is 0 Å². The van der Waals surface area contributed by atoms with Crippen LogP contribution in [0.1, 0.15) is 5.69 Å². The van der Waals surface area contributed by atoms with Crippen molar-refractivity contribution in [3.05, 3.63) is 71.4 Å². The molecule has 1 aromatic heterocycles. The van der Waals surface area contributed by atoms with Gasteiger partial charge in [0.05, 0.1) is 5.69 Å². The molecular formula is C17H12ClFN2. The van der Waals surface area contributed by atoms with Crippen LogP contribution in [0.3, 0.4) is 0 Å². The first-order valence-corrected chi connectivity index (χ1v) is 6.87. The van der Waals surface area contributed by atoms with Crippen LogP contribution in [0.25, 0.3) is 22.4 Å². The summed E-state index contributed by atoms with van der Waals surface area (Å²) in [6, 6.07) is 14.0. The van der Waals surface area contributed by atoms with Crippen LogP contribution in [0.2, 0.25) is 5.02 Å². The summed E-state index contributed by atoms with van der Waals surface area (Å²) in [4.78, 5) is 8.53. The molecule has 0 atom stereocenters. The maximum atomic E-state index is 14.1. The van der Waals surface area contributed by atoms with Crippen molar-refractivity contribution in [3.8, 4) is 22.4 Å². The van der Waals surface area contributed by atoms with Gasteiger partial charge in [0, 0.05) is 27.4 Å². The summed E-state index contributed by atoms with van der Waals surface area (Å²) in [5.41, 5.74) is 3.52. The molecule has 0 amide bonds. The number of halogens is 2. The molecule has 0 spiro atoms. The van der Waals surface area contributed by atoms with Crippen molar-refractivity contribution in [3.63, 3.8) is 0 Å². The molecule has 0 aliphatic carbocycles. The van der Waals surface area contributed by atoms with Gasteiger partial charge < -0.3 is 0 Å². The lowest BCUT2D eigenvalue weighted by Crippen LogP contribution is -1.97. The molecule has 0 bridgehead atoms. The van der Waals surface area contributed by atoms with Gasteiger partial charge in [-0.1, -0.05) is 41.9 Å². The molecule has 1 heterocycles. The lowest BCUT2D eigenvalue weighted by atomic mass is 9.97. The van der Waals surface area contributed by atoms with Crippen molar-refractivity contribution in [1.29, 1.82) is 0 Å². The Labute approximate surface area is 127 Å². The second-order valence-corrected chi connectivity index (χ2v) is 5.11. The third-order valence-corrected chi connectivity index (χ3v) is 3.55. The van der Waals surface area contributed by atoms with Crippen molar-refractivity contribution in [1.82, 2.24) is 9.97 Å². The van der Waals surface area contributed by atoms with Gasteiger partial charge in [-0.3, -0.25) is 0 Å². The topological polar surface area (TPSA) is 25.8 Å².